The lowest BCUT2D eigenvalue weighted by Crippen LogP contribution is -2.15. The second-order valence-corrected chi connectivity index (χ2v) is 6.59. The molecule has 2 aromatic carbocycles. The van der Waals surface area contributed by atoms with Crippen molar-refractivity contribution in [2.24, 2.45) is 0 Å². The molecule has 1 amide bonds. The van der Waals surface area contributed by atoms with Gasteiger partial charge in [0.05, 0.1) is 11.5 Å². The molecule has 138 valence electrons. The lowest BCUT2D eigenvalue weighted by Gasteiger charge is -2.07. The van der Waals surface area contributed by atoms with Gasteiger partial charge in [-0.15, -0.1) is 0 Å². The minimum absolute atomic E-state index is 0.127. The van der Waals surface area contributed by atoms with Crippen LogP contribution >= 0.6 is 23.2 Å². The number of nitro benzene ring substituents is 1. The van der Waals surface area contributed by atoms with Crippen LogP contribution in [-0.2, 0) is 6.54 Å². The molecule has 0 saturated carbocycles. The van der Waals surface area contributed by atoms with E-state index in [1.165, 1.54) is 25.1 Å². The highest BCUT2D eigenvalue weighted by Crippen LogP contribution is 2.25. The molecule has 3 aromatic rings. The van der Waals surface area contributed by atoms with Crippen LogP contribution in [0.25, 0.3) is 0 Å². The molecule has 27 heavy (non-hydrogen) atoms. The monoisotopic (exact) mass is 404 g/mol. The summed E-state index contributed by atoms with van der Waals surface area (Å²) in [5.74, 6) is -0.360. The van der Waals surface area contributed by atoms with E-state index in [1.54, 1.807) is 16.9 Å². The van der Waals surface area contributed by atoms with Gasteiger partial charge in [-0.2, -0.15) is 5.10 Å². The minimum atomic E-state index is -0.530. The van der Waals surface area contributed by atoms with Crippen LogP contribution in [0, 0.1) is 17.0 Å². The molecule has 0 radical (unpaired) electrons. The van der Waals surface area contributed by atoms with Crippen LogP contribution in [0.3, 0.4) is 0 Å². The minimum Gasteiger partial charge on any atom is -0.304 e. The van der Waals surface area contributed by atoms with Gasteiger partial charge in [0.1, 0.15) is 5.02 Å². The number of hydrogen-bond donors (Lipinski definition) is 1. The number of benzene rings is 2. The Morgan fingerprint density at radius 1 is 1.19 bits per heavy atom. The van der Waals surface area contributed by atoms with Crippen molar-refractivity contribution < 1.29 is 9.72 Å². The predicted molar refractivity (Wildman–Crippen MR) is 104 cm³/mol. The van der Waals surface area contributed by atoms with Crippen LogP contribution < -0.4 is 5.32 Å². The van der Waals surface area contributed by atoms with Gasteiger partial charge < -0.3 is 5.32 Å². The quantitative estimate of drug-likeness (QED) is 0.492. The van der Waals surface area contributed by atoms with Crippen LogP contribution in [-0.4, -0.2) is 20.6 Å². The van der Waals surface area contributed by atoms with E-state index in [0.29, 0.717) is 11.6 Å². The molecule has 0 bridgehead atoms. The summed E-state index contributed by atoms with van der Waals surface area (Å²) in [7, 11) is 0. The lowest BCUT2D eigenvalue weighted by molar-refractivity contribution is -0.385. The lowest BCUT2D eigenvalue weighted by atomic mass is 10.1. The van der Waals surface area contributed by atoms with Gasteiger partial charge in [0, 0.05) is 28.4 Å². The van der Waals surface area contributed by atoms with Crippen LogP contribution in [0.4, 0.5) is 11.5 Å². The number of amides is 1. The molecule has 0 aliphatic rings. The first kappa shape index (κ1) is 18.9. The van der Waals surface area contributed by atoms with Crippen LogP contribution in [0.2, 0.25) is 10.0 Å². The van der Waals surface area contributed by atoms with Crippen molar-refractivity contribution in [2.45, 2.75) is 13.5 Å². The van der Waals surface area contributed by atoms with Gasteiger partial charge in [-0.3, -0.25) is 19.6 Å². The number of rotatable bonds is 5. The molecule has 0 aliphatic heterocycles. The summed E-state index contributed by atoms with van der Waals surface area (Å²) in [6, 6.07) is 11.6. The summed E-state index contributed by atoms with van der Waals surface area (Å²) in [6.07, 6.45) is 1.57. The standard InChI is InChI=1S/C18H14Cl2N4O3/c1-11-13(6-4-8-16(11)24(26)27)18(25)21-17-15(20)10-23(22-17)9-12-5-2-3-7-14(12)19/h2-8,10H,9H2,1H3,(H,21,22,25). The zero-order valence-corrected chi connectivity index (χ0v) is 15.7. The van der Waals surface area contributed by atoms with Crippen LogP contribution in [0.15, 0.2) is 48.7 Å². The number of nitro groups is 1. The third-order valence-electron chi connectivity index (χ3n) is 3.99. The van der Waals surface area contributed by atoms with E-state index in [9.17, 15) is 14.9 Å². The van der Waals surface area contributed by atoms with Crippen molar-refractivity contribution in [1.82, 2.24) is 9.78 Å². The highest BCUT2D eigenvalue weighted by Gasteiger charge is 2.19. The maximum Gasteiger partial charge on any atom is 0.273 e. The van der Waals surface area contributed by atoms with Crippen LogP contribution in [0.1, 0.15) is 21.5 Å². The van der Waals surface area contributed by atoms with E-state index in [4.69, 9.17) is 23.2 Å². The summed E-state index contributed by atoms with van der Waals surface area (Å²) in [6.45, 7) is 1.90. The maximum absolute atomic E-state index is 12.5. The average molecular weight is 405 g/mol. The Hall–Kier alpha value is -2.90. The smallest absolute Gasteiger partial charge is 0.273 e. The number of hydrogen-bond acceptors (Lipinski definition) is 4. The highest BCUT2D eigenvalue weighted by atomic mass is 35.5. The SMILES string of the molecule is Cc1c(C(=O)Nc2nn(Cc3ccccc3Cl)cc2Cl)cccc1[N+](=O)[O-]. The number of carbonyl (C=O) groups is 1. The molecular weight excluding hydrogens is 391 g/mol. The predicted octanol–water partition coefficient (Wildman–Crippen LogP) is 4.71. The second kappa shape index (κ2) is 7.77. The molecule has 0 spiro atoms. The van der Waals surface area contributed by atoms with Gasteiger partial charge in [-0.1, -0.05) is 47.5 Å². The largest absolute Gasteiger partial charge is 0.304 e. The molecule has 0 unspecified atom stereocenters. The normalized spacial score (nSPS) is 10.6. The van der Waals surface area contributed by atoms with E-state index in [2.05, 4.69) is 10.4 Å². The van der Waals surface area contributed by atoms with E-state index in [1.807, 2.05) is 18.2 Å². The van der Waals surface area contributed by atoms with Gasteiger partial charge in [-0.05, 0) is 24.6 Å². The summed E-state index contributed by atoms with van der Waals surface area (Å²) in [5, 5.41) is 18.7. The van der Waals surface area contributed by atoms with Gasteiger partial charge in [0.15, 0.2) is 5.82 Å². The molecule has 7 nitrogen and oxygen atoms in total. The molecule has 0 fully saturated rings. The molecule has 3 rings (SSSR count). The Morgan fingerprint density at radius 2 is 1.93 bits per heavy atom. The number of aromatic nitrogens is 2. The summed E-state index contributed by atoms with van der Waals surface area (Å²) in [5.41, 5.74) is 1.18. The van der Waals surface area contributed by atoms with E-state index >= 15 is 0 Å². The second-order valence-electron chi connectivity index (χ2n) is 5.78. The van der Waals surface area contributed by atoms with Crippen molar-refractivity contribution in [1.29, 1.82) is 0 Å². The van der Waals surface area contributed by atoms with E-state index in [0.717, 1.165) is 5.56 Å². The molecule has 0 aliphatic carbocycles. The molecule has 0 saturated heterocycles. The Kier molecular flexibility index (Phi) is 5.43. The molecule has 9 heteroatoms. The Bertz CT molecular complexity index is 1030. The molecule has 1 N–H and O–H groups in total. The number of nitrogens with zero attached hydrogens (tertiary/aromatic N) is 3. The first-order valence-electron chi connectivity index (χ1n) is 7.88. The number of nitrogens with one attached hydrogen (secondary N) is 1. The zero-order chi connectivity index (χ0) is 19.6. The van der Waals surface area contributed by atoms with E-state index in [-0.39, 0.29) is 27.7 Å². The Morgan fingerprint density at radius 3 is 2.63 bits per heavy atom. The highest BCUT2D eigenvalue weighted by molar-refractivity contribution is 6.33. The molecule has 1 aromatic heterocycles. The third-order valence-corrected chi connectivity index (χ3v) is 4.63. The number of carbonyl (C=O) groups excluding carboxylic acids is 1. The topological polar surface area (TPSA) is 90.1 Å². The van der Waals surface area contributed by atoms with Gasteiger partial charge in [-0.25, -0.2) is 0 Å². The fourth-order valence-corrected chi connectivity index (χ4v) is 3.00. The molecular formula is C18H14Cl2N4O3. The molecule has 1 heterocycles. The fraction of sp³-hybridized carbons (Fsp3) is 0.111. The first-order valence-corrected chi connectivity index (χ1v) is 8.64. The van der Waals surface area contributed by atoms with Crippen molar-refractivity contribution in [2.75, 3.05) is 5.32 Å². The third kappa shape index (κ3) is 4.10. The average Bonchev–Trinajstić information content (AvgIpc) is 2.96. The summed E-state index contributed by atoms with van der Waals surface area (Å²) < 4.78 is 1.56. The first-order chi connectivity index (χ1) is 12.9. The summed E-state index contributed by atoms with van der Waals surface area (Å²) >= 11 is 12.3. The van der Waals surface area contributed by atoms with Crippen molar-refractivity contribution in [3.05, 3.63) is 85.5 Å². The van der Waals surface area contributed by atoms with Crippen molar-refractivity contribution in [3.8, 4) is 0 Å². The van der Waals surface area contributed by atoms with Gasteiger partial charge in [0.25, 0.3) is 11.6 Å². The van der Waals surface area contributed by atoms with Crippen molar-refractivity contribution in [3.63, 3.8) is 0 Å². The molecule has 0 atom stereocenters. The number of halogens is 2. The van der Waals surface area contributed by atoms with Gasteiger partial charge >= 0.3 is 0 Å². The van der Waals surface area contributed by atoms with Gasteiger partial charge in [0.2, 0.25) is 0 Å². The zero-order valence-electron chi connectivity index (χ0n) is 14.1. The van der Waals surface area contributed by atoms with E-state index < -0.39 is 10.8 Å². The Labute approximate surface area is 164 Å². The fourth-order valence-electron chi connectivity index (χ4n) is 2.61. The maximum atomic E-state index is 12.5. The van der Waals surface area contributed by atoms with Crippen molar-refractivity contribution >= 4 is 40.6 Å². The summed E-state index contributed by atoms with van der Waals surface area (Å²) in [4.78, 5) is 23.0. The van der Waals surface area contributed by atoms with Crippen LogP contribution in [0.5, 0.6) is 0 Å². The Balaban J connectivity index is 1.82. The number of anilines is 1.